The van der Waals surface area contributed by atoms with Crippen LogP contribution in [-0.4, -0.2) is 48.6 Å². The summed E-state index contributed by atoms with van der Waals surface area (Å²) < 4.78 is 5.29. The maximum atomic E-state index is 12.5. The molecule has 2 heterocycles. The predicted molar refractivity (Wildman–Crippen MR) is 72.7 cm³/mol. The zero-order valence-electron chi connectivity index (χ0n) is 11.6. The average molecular weight is 263 g/mol. The third-order valence-corrected chi connectivity index (χ3v) is 3.66. The lowest BCUT2D eigenvalue weighted by atomic mass is 9.90. The first kappa shape index (κ1) is 14.0. The summed E-state index contributed by atoms with van der Waals surface area (Å²) in [4.78, 5) is 18.7. The quantitative estimate of drug-likeness (QED) is 0.813. The van der Waals surface area contributed by atoms with E-state index in [9.17, 15) is 4.79 Å². The van der Waals surface area contributed by atoms with E-state index in [1.165, 1.54) is 0 Å². The third-order valence-electron chi connectivity index (χ3n) is 3.66. The largest absolute Gasteiger partial charge is 0.464 e. The summed E-state index contributed by atoms with van der Waals surface area (Å²) in [6.07, 6.45) is 3.43. The van der Waals surface area contributed by atoms with Gasteiger partial charge < -0.3 is 10.1 Å². The van der Waals surface area contributed by atoms with Gasteiger partial charge in [-0.05, 0) is 31.5 Å². The fraction of sp³-hybridized carbons (Fsp3) is 0.571. The van der Waals surface area contributed by atoms with E-state index < -0.39 is 5.54 Å². The minimum atomic E-state index is -0.735. The highest BCUT2D eigenvalue weighted by Crippen LogP contribution is 2.29. The van der Waals surface area contributed by atoms with Crippen molar-refractivity contribution in [2.24, 2.45) is 0 Å². The number of pyridine rings is 1. The standard InChI is InChI=1S/C14H21N3O2/c1-3-19-13(18)14(2,12-4-6-15-7-5-12)17-10-8-16-9-11-17/h4-7,16H,3,8-11H2,1-2H3. The van der Waals surface area contributed by atoms with E-state index in [1.807, 2.05) is 26.0 Å². The van der Waals surface area contributed by atoms with Crippen LogP contribution in [0.5, 0.6) is 0 Å². The van der Waals surface area contributed by atoms with Crippen molar-refractivity contribution < 1.29 is 9.53 Å². The van der Waals surface area contributed by atoms with Crippen LogP contribution in [0.4, 0.5) is 0 Å². The van der Waals surface area contributed by atoms with Crippen molar-refractivity contribution in [3.05, 3.63) is 30.1 Å². The Balaban J connectivity index is 2.34. The Morgan fingerprint density at radius 1 is 1.42 bits per heavy atom. The lowest BCUT2D eigenvalue weighted by molar-refractivity contribution is -0.158. The van der Waals surface area contributed by atoms with Crippen LogP contribution in [0.25, 0.3) is 0 Å². The Morgan fingerprint density at radius 2 is 2.05 bits per heavy atom. The van der Waals surface area contributed by atoms with Crippen LogP contribution in [0, 0.1) is 0 Å². The van der Waals surface area contributed by atoms with Crippen LogP contribution in [0.1, 0.15) is 19.4 Å². The molecule has 1 aromatic rings. The fourth-order valence-electron chi connectivity index (χ4n) is 2.49. The number of carbonyl (C=O) groups excluding carboxylic acids is 1. The number of piperazine rings is 1. The molecule has 2 rings (SSSR count). The molecule has 0 spiro atoms. The second-order valence-electron chi connectivity index (χ2n) is 4.77. The van der Waals surface area contributed by atoms with Crippen LogP contribution in [-0.2, 0) is 15.1 Å². The molecule has 0 radical (unpaired) electrons. The molecular weight excluding hydrogens is 242 g/mol. The molecule has 5 heteroatoms. The SMILES string of the molecule is CCOC(=O)C(C)(c1ccncc1)N1CCNCC1. The van der Waals surface area contributed by atoms with E-state index in [-0.39, 0.29) is 5.97 Å². The molecule has 0 aromatic carbocycles. The first-order valence-electron chi connectivity index (χ1n) is 6.73. The van der Waals surface area contributed by atoms with Gasteiger partial charge in [0.05, 0.1) is 6.61 Å². The van der Waals surface area contributed by atoms with Crippen molar-refractivity contribution in [2.75, 3.05) is 32.8 Å². The molecule has 5 nitrogen and oxygen atoms in total. The molecule has 104 valence electrons. The van der Waals surface area contributed by atoms with Gasteiger partial charge in [-0.25, -0.2) is 4.79 Å². The highest BCUT2D eigenvalue weighted by molar-refractivity contribution is 5.82. The van der Waals surface area contributed by atoms with E-state index in [1.54, 1.807) is 12.4 Å². The van der Waals surface area contributed by atoms with E-state index in [2.05, 4.69) is 15.2 Å². The second kappa shape index (κ2) is 6.12. The average Bonchev–Trinajstić information content (AvgIpc) is 2.48. The van der Waals surface area contributed by atoms with Gasteiger partial charge in [0.2, 0.25) is 0 Å². The monoisotopic (exact) mass is 263 g/mol. The van der Waals surface area contributed by atoms with Gasteiger partial charge in [-0.15, -0.1) is 0 Å². The van der Waals surface area contributed by atoms with Crippen LogP contribution in [0.2, 0.25) is 0 Å². The van der Waals surface area contributed by atoms with Crippen LogP contribution < -0.4 is 5.32 Å². The molecule has 19 heavy (non-hydrogen) atoms. The number of nitrogens with one attached hydrogen (secondary N) is 1. The van der Waals surface area contributed by atoms with Gasteiger partial charge in [-0.2, -0.15) is 0 Å². The van der Waals surface area contributed by atoms with E-state index in [0.29, 0.717) is 6.61 Å². The van der Waals surface area contributed by atoms with Gasteiger partial charge in [0, 0.05) is 38.6 Å². The summed E-state index contributed by atoms with van der Waals surface area (Å²) in [5, 5.41) is 3.30. The summed E-state index contributed by atoms with van der Waals surface area (Å²) in [5.74, 6) is -0.192. The summed E-state index contributed by atoms with van der Waals surface area (Å²) in [5.41, 5.74) is 0.198. The zero-order valence-corrected chi connectivity index (χ0v) is 11.6. The molecule has 0 saturated carbocycles. The number of esters is 1. The van der Waals surface area contributed by atoms with Crippen molar-refractivity contribution in [2.45, 2.75) is 19.4 Å². The van der Waals surface area contributed by atoms with Gasteiger partial charge >= 0.3 is 5.97 Å². The number of hydrogen-bond acceptors (Lipinski definition) is 5. The fourth-order valence-corrected chi connectivity index (χ4v) is 2.49. The number of hydrogen-bond donors (Lipinski definition) is 1. The number of ether oxygens (including phenoxy) is 1. The predicted octanol–water partition coefficient (Wildman–Crippen LogP) is 0.765. The van der Waals surface area contributed by atoms with Crippen molar-refractivity contribution in [3.8, 4) is 0 Å². The van der Waals surface area contributed by atoms with Gasteiger partial charge in [0.25, 0.3) is 0 Å². The molecule has 1 aliphatic rings. The Morgan fingerprint density at radius 3 is 2.63 bits per heavy atom. The highest BCUT2D eigenvalue weighted by Gasteiger charge is 2.42. The van der Waals surface area contributed by atoms with Crippen LogP contribution >= 0.6 is 0 Å². The second-order valence-corrected chi connectivity index (χ2v) is 4.77. The molecule has 1 atom stereocenters. The molecule has 0 aliphatic carbocycles. The lowest BCUT2D eigenvalue weighted by Gasteiger charge is -2.41. The van der Waals surface area contributed by atoms with Crippen molar-refractivity contribution in [1.29, 1.82) is 0 Å². The number of nitrogens with zero attached hydrogens (tertiary/aromatic N) is 2. The zero-order chi connectivity index (χ0) is 13.7. The molecule has 0 bridgehead atoms. The van der Waals surface area contributed by atoms with E-state index >= 15 is 0 Å². The van der Waals surface area contributed by atoms with Crippen molar-refractivity contribution in [1.82, 2.24) is 15.2 Å². The third kappa shape index (κ3) is 2.77. The van der Waals surface area contributed by atoms with Gasteiger partial charge in [0.15, 0.2) is 0 Å². The number of rotatable bonds is 4. The van der Waals surface area contributed by atoms with E-state index in [0.717, 1.165) is 31.7 Å². The number of carbonyl (C=O) groups is 1. The molecule has 1 aliphatic heterocycles. The molecular formula is C14H21N3O2. The van der Waals surface area contributed by atoms with Crippen molar-refractivity contribution in [3.63, 3.8) is 0 Å². The molecule has 0 amide bonds. The maximum absolute atomic E-state index is 12.5. The van der Waals surface area contributed by atoms with E-state index in [4.69, 9.17) is 4.74 Å². The minimum Gasteiger partial charge on any atom is -0.464 e. The van der Waals surface area contributed by atoms with Crippen LogP contribution in [0.3, 0.4) is 0 Å². The molecule has 1 aromatic heterocycles. The first-order chi connectivity index (χ1) is 9.19. The summed E-state index contributed by atoms with van der Waals surface area (Å²) in [7, 11) is 0. The Bertz CT molecular complexity index is 418. The summed E-state index contributed by atoms with van der Waals surface area (Å²) >= 11 is 0. The van der Waals surface area contributed by atoms with Gasteiger partial charge in [0.1, 0.15) is 5.54 Å². The molecule has 1 N–H and O–H groups in total. The summed E-state index contributed by atoms with van der Waals surface area (Å²) in [6.45, 7) is 7.61. The minimum absolute atomic E-state index is 0.192. The Hall–Kier alpha value is -1.46. The van der Waals surface area contributed by atoms with Crippen LogP contribution in [0.15, 0.2) is 24.5 Å². The van der Waals surface area contributed by atoms with Crippen molar-refractivity contribution >= 4 is 5.97 Å². The topological polar surface area (TPSA) is 54.5 Å². The number of aromatic nitrogens is 1. The first-order valence-corrected chi connectivity index (χ1v) is 6.73. The molecule has 1 fully saturated rings. The highest BCUT2D eigenvalue weighted by atomic mass is 16.5. The molecule has 1 saturated heterocycles. The maximum Gasteiger partial charge on any atom is 0.330 e. The Kier molecular flexibility index (Phi) is 4.50. The van der Waals surface area contributed by atoms with Gasteiger partial charge in [-0.3, -0.25) is 9.88 Å². The van der Waals surface area contributed by atoms with Gasteiger partial charge in [-0.1, -0.05) is 0 Å². The summed E-state index contributed by atoms with van der Waals surface area (Å²) in [6, 6.07) is 3.78. The Labute approximate surface area is 114 Å². The normalized spacial score (nSPS) is 19.7. The molecule has 1 unspecified atom stereocenters. The lowest BCUT2D eigenvalue weighted by Crippen LogP contribution is -2.57. The smallest absolute Gasteiger partial charge is 0.330 e.